The van der Waals surface area contributed by atoms with Crippen LogP contribution < -0.4 is 0 Å². The fourth-order valence-corrected chi connectivity index (χ4v) is 15.8. The molecule has 5 aliphatic rings. The van der Waals surface area contributed by atoms with E-state index in [2.05, 4.69) is 0 Å². The van der Waals surface area contributed by atoms with Crippen LogP contribution in [-0.4, -0.2) is 238 Å². The van der Waals surface area contributed by atoms with Gasteiger partial charge in [-0.3, -0.25) is 23.7 Å². The number of Topliss-reactive ketones (excluding diaryl/α,β-unsaturated/α-hetero) is 2. The third kappa shape index (κ3) is 22.0. The molecule has 6 rings (SSSR count). The van der Waals surface area contributed by atoms with Crippen LogP contribution in [0.2, 0.25) is 0 Å². The maximum atomic E-state index is 13.9. The Balaban J connectivity index is 1.13. The highest BCUT2D eigenvalue weighted by molar-refractivity contribution is 7.86. The SMILES string of the molecule is CCC(OC1CC(OC(=O)C(C)C(O)c2ccc3c(c2)C(=O)C=C(C)C3=O)C(OC)C(C)O1)C(C)C(O)C(C)C(O)C(C)C1OC(=O)C=CC(C)C(O)CC(O)CCCC(C)CCC(C)C(O)C(=O)C2(O)OC(CC(O)CC(O)CC(O)CCCC(O)C3OC3C1C)CC(S(=O)(=O)O)C2O. The Hall–Kier alpha value is -4.12. The van der Waals surface area contributed by atoms with Crippen LogP contribution in [0, 0.1) is 47.3 Å². The van der Waals surface area contributed by atoms with Crippen LogP contribution in [-0.2, 0) is 57.7 Å². The lowest BCUT2D eigenvalue weighted by atomic mass is 9.77. The summed E-state index contributed by atoms with van der Waals surface area (Å²) in [6, 6.07) is 4.33. The number of allylic oxidation sites excluding steroid dienone is 2. The highest BCUT2D eigenvalue weighted by Crippen LogP contribution is 2.42. The molecule has 0 radical (unpaired) electrons. The van der Waals surface area contributed by atoms with Crippen LogP contribution in [0.1, 0.15) is 205 Å². The van der Waals surface area contributed by atoms with Gasteiger partial charge in [0.05, 0.1) is 85.3 Å². The van der Waals surface area contributed by atoms with Gasteiger partial charge in [0.15, 0.2) is 17.9 Å². The first-order valence-electron chi connectivity index (χ1n) is 35.6. The number of esters is 2. The van der Waals surface area contributed by atoms with Crippen LogP contribution in [0.25, 0.3) is 0 Å². The van der Waals surface area contributed by atoms with Gasteiger partial charge in [-0.25, -0.2) is 4.79 Å². The van der Waals surface area contributed by atoms with E-state index in [4.69, 9.17) is 33.2 Å². The predicted molar refractivity (Wildman–Crippen MR) is 360 cm³/mol. The molecule has 570 valence electrons. The monoisotopic (exact) mass is 1440 g/mol. The molecule has 27 nitrogen and oxygen atoms in total. The average Bonchev–Trinajstić information content (AvgIpc) is 0.796. The van der Waals surface area contributed by atoms with Crippen LogP contribution >= 0.6 is 0 Å². The lowest BCUT2D eigenvalue weighted by Crippen LogP contribution is -2.66. The van der Waals surface area contributed by atoms with Crippen molar-refractivity contribution in [1.29, 1.82) is 0 Å². The van der Waals surface area contributed by atoms with Crippen LogP contribution in [0.5, 0.6) is 0 Å². The second-order valence-corrected chi connectivity index (χ2v) is 31.3. The van der Waals surface area contributed by atoms with E-state index < -0.39 is 228 Å². The van der Waals surface area contributed by atoms with Gasteiger partial charge in [0, 0.05) is 65.9 Å². The Bertz CT molecular complexity index is 3030. The molecule has 1 aliphatic carbocycles. The molecule has 0 aromatic heterocycles. The molecule has 0 spiro atoms. The second-order valence-electron chi connectivity index (χ2n) is 29.6. The van der Waals surface area contributed by atoms with Crippen LogP contribution in [0.3, 0.4) is 0 Å². The van der Waals surface area contributed by atoms with E-state index in [-0.39, 0.29) is 85.3 Å². The summed E-state index contributed by atoms with van der Waals surface area (Å²) in [4.78, 5) is 67.0. The van der Waals surface area contributed by atoms with Crippen molar-refractivity contribution >= 4 is 39.4 Å². The number of aliphatic hydroxyl groups excluding tert-OH is 11. The van der Waals surface area contributed by atoms with Gasteiger partial charge < -0.3 is 94.4 Å². The maximum Gasteiger partial charge on any atom is 0.330 e. The van der Waals surface area contributed by atoms with E-state index in [1.165, 1.54) is 51.3 Å². The zero-order valence-electron chi connectivity index (χ0n) is 59.8. The number of hydrogen-bond donors (Lipinski definition) is 13. The molecule has 0 saturated carbocycles. The number of fused-ring (bicyclic) bond motifs is 4. The van der Waals surface area contributed by atoms with Gasteiger partial charge in [0.2, 0.25) is 5.78 Å². The normalized spacial score (nSPS) is 38.2. The van der Waals surface area contributed by atoms with Crippen molar-refractivity contribution in [3.8, 4) is 0 Å². The lowest BCUT2D eigenvalue weighted by molar-refractivity contribution is -0.287. The summed E-state index contributed by atoms with van der Waals surface area (Å²) >= 11 is 0. The summed E-state index contributed by atoms with van der Waals surface area (Å²) < 4.78 is 77.4. The molecule has 30 unspecified atom stereocenters. The number of carbonyl (C=O) groups excluding carboxylic acids is 5. The van der Waals surface area contributed by atoms with E-state index in [0.29, 0.717) is 25.7 Å². The number of carbonyl (C=O) groups is 5. The number of aliphatic hydroxyl groups is 12. The van der Waals surface area contributed by atoms with Gasteiger partial charge in [0.1, 0.15) is 41.9 Å². The maximum absolute atomic E-state index is 13.9. The van der Waals surface area contributed by atoms with Gasteiger partial charge in [-0.05, 0) is 127 Å². The number of ether oxygens (including phenoxy) is 7. The van der Waals surface area contributed by atoms with Crippen molar-refractivity contribution in [3.05, 3.63) is 58.7 Å². The fourth-order valence-electron chi connectivity index (χ4n) is 14.8. The minimum atomic E-state index is -5.16. The van der Waals surface area contributed by atoms with Crippen molar-refractivity contribution in [1.82, 2.24) is 0 Å². The molecule has 28 heteroatoms. The fraction of sp³-hybridized carbons (Fsp3) is 0.792. The number of cyclic esters (lactones) is 1. The summed E-state index contributed by atoms with van der Waals surface area (Å²) in [7, 11) is -3.73. The van der Waals surface area contributed by atoms with Crippen molar-refractivity contribution in [2.45, 2.75) is 306 Å². The summed E-state index contributed by atoms with van der Waals surface area (Å²) in [6.45, 7) is 18.4. The average molecular weight is 1440 g/mol. The first-order chi connectivity index (χ1) is 46.7. The predicted octanol–water partition coefficient (Wildman–Crippen LogP) is 3.83. The van der Waals surface area contributed by atoms with Crippen molar-refractivity contribution < 1.29 is 131 Å². The number of rotatable bonds is 15. The molecule has 1 aromatic carbocycles. The molecule has 1 aromatic rings. The third-order valence-corrected chi connectivity index (χ3v) is 22.8. The number of hydrogen-bond acceptors (Lipinski definition) is 26. The Morgan fingerprint density at radius 3 is 2.00 bits per heavy atom. The third-order valence-electron chi connectivity index (χ3n) is 21.6. The van der Waals surface area contributed by atoms with Crippen molar-refractivity contribution in [2.75, 3.05) is 7.11 Å². The van der Waals surface area contributed by atoms with E-state index in [9.17, 15) is 98.2 Å². The summed E-state index contributed by atoms with van der Waals surface area (Å²) in [6.07, 6.45) is -19.4. The van der Waals surface area contributed by atoms with E-state index in [1.807, 2.05) is 13.8 Å². The Morgan fingerprint density at radius 2 is 1.36 bits per heavy atom. The van der Waals surface area contributed by atoms with Gasteiger partial charge >= 0.3 is 11.9 Å². The second kappa shape index (κ2) is 37.2. The van der Waals surface area contributed by atoms with Crippen LogP contribution in [0.15, 0.2) is 42.0 Å². The first-order valence-corrected chi connectivity index (χ1v) is 37.1. The summed E-state index contributed by atoms with van der Waals surface area (Å²) in [5.41, 5.74) is 0.834. The number of ketones is 3. The number of benzene rings is 1. The molecular weight excluding hydrogens is 1330 g/mol. The highest BCUT2D eigenvalue weighted by Gasteiger charge is 2.59. The number of epoxide rings is 1. The zero-order valence-corrected chi connectivity index (χ0v) is 60.6. The smallest absolute Gasteiger partial charge is 0.330 e. The summed E-state index contributed by atoms with van der Waals surface area (Å²) in [5.74, 6) is -13.0. The molecule has 30 atom stereocenters. The highest BCUT2D eigenvalue weighted by atomic mass is 32.2. The summed E-state index contributed by atoms with van der Waals surface area (Å²) in [5, 5.41) is 134. The lowest BCUT2D eigenvalue weighted by Gasteiger charge is -2.44. The first kappa shape index (κ1) is 84.8. The molecule has 2 bridgehead atoms. The molecular formula is C72H114O27S. The Kier molecular flexibility index (Phi) is 31.6. The molecule has 13 N–H and O–H groups in total. The standard InChI is InChI=1S/C72H114O27S/c1-13-55(95-59-33-56(67(93-12)43(11)94-59)96-71(88)41(9)64(85)44-23-24-50-51(27-44)54(79)26-37(5)60(50)81)38(6)62(83)39(7)63(84)40(8)65-42(10)66-68(98-66)52(77)19-15-18-45(73)28-47(75)29-48(76)30-49-32-57(100(90,91)92)69(86)72(89,99-49)70(87)61(82)36(4)21-20-34(2)16-14-17-46(74)31-53(78)35(3)22-25-58(80)97-65/h22-27,34-36,38-43,45-49,52-53,55-57,59,61-69,73-78,82-86,89H,13-21,28-33H2,1-12H3,(H,90,91,92). The molecule has 3 saturated heterocycles. The van der Waals surface area contributed by atoms with Crippen molar-refractivity contribution in [3.63, 3.8) is 0 Å². The van der Waals surface area contributed by atoms with Gasteiger partial charge in [0.25, 0.3) is 15.9 Å². The molecule has 3 fully saturated rings. The van der Waals surface area contributed by atoms with Gasteiger partial charge in [-0.1, -0.05) is 86.8 Å². The van der Waals surface area contributed by atoms with Gasteiger partial charge in [-0.15, -0.1) is 0 Å². The molecule has 0 amide bonds. The van der Waals surface area contributed by atoms with E-state index in [0.717, 1.165) is 6.08 Å². The minimum absolute atomic E-state index is 0.0165. The van der Waals surface area contributed by atoms with Crippen molar-refractivity contribution in [2.24, 2.45) is 47.3 Å². The zero-order chi connectivity index (χ0) is 74.7. The molecule has 4 heterocycles. The molecule has 4 aliphatic heterocycles. The van der Waals surface area contributed by atoms with E-state index in [1.54, 1.807) is 48.5 Å². The topological polar surface area (TPSA) is 450 Å². The Morgan fingerprint density at radius 1 is 0.730 bits per heavy atom. The minimum Gasteiger partial charge on any atom is -0.459 e. The quantitative estimate of drug-likeness (QED) is 0.0674. The largest absolute Gasteiger partial charge is 0.459 e. The number of methoxy groups -OCH3 is 1. The Labute approximate surface area is 587 Å². The van der Waals surface area contributed by atoms with Gasteiger partial charge in [-0.2, -0.15) is 8.42 Å². The molecule has 100 heavy (non-hydrogen) atoms. The van der Waals surface area contributed by atoms with E-state index >= 15 is 0 Å². The van der Waals surface area contributed by atoms with Crippen LogP contribution in [0.4, 0.5) is 0 Å².